The Morgan fingerprint density at radius 2 is 1.94 bits per heavy atom. The standard InChI is InChI=1S/C13H27N3O/c1-14-10-12-4-5-13(17-12)11-16-7-3-6-15(2)8-9-16/h12-14H,3-11H2,1-2H3. The molecule has 4 heteroatoms. The summed E-state index contributed by atoms with van der Waals surface area (Å²) in [5, 5.41) is 3.20. The highest BCUT2D eigenvalue weighted by molar-refractivity contribution is 4.79. The van der Waals surface area contributed by atoms with E-state index in [4.69, 9.17) is 4.74 Å². The highest BCUT2D eigenvalue weighted by Gasteiger charge is 2.26. The minimum atomic E-state index is 0.444. The molecule has 4 nitrogen and oxygen atoms in total. The van der Waals surface area contributed by atoms with Gasteiger partial charge in [-0.1, -0.05) is 0 Å². The lowest BCUT2D eigenvalue weighted by molar-refractivity contribution is 0.0250. The predicted molar refractivity (Wildman–Crippen MR) is 70.4 cm³/mol. The first-order chi connectivity index (χ1) is 8.28. The molecule has 0 bridgehead atoms. The van der Waals surface area contributed by atoms with Crippen LogP contribution in [0.1, 0.15) is 19.3 Å². The number of nitrogens with one attached hydrogen (secondary N) is 1. The van der Waals surface area contributed by atoms with E-state index in [9.17, 15) is 0 Å². The van der Waals surface area contributed by atoms with Crippen molar-refractivity contribution in [3.05, 3.63) is 0 Å². The summed E-state index contributed by atoms with van der Waals surface area (Å²) in [6.07, 6.45) is 4.66. The first-order valence-corrected chi connectivity index (χ1v) is 6.99. The third-order valence-electron chi connectivity index (χ3n) is 3.90. The molecule has 0 spiro atoms. The molecule has 17 heavy (non-hydrogen) atoms. The van der Waals surface area contributed by atoms with Crippen LogP contribution in [0.25, 0.3) is 0 Å². The predicted octanol–water partition coefficient (Wildman–Crippen LogP) is 0.391. The molecule has 1 N–H and O–H groups in total. The van der Waals surface area contributed by atoms with Gasteiger partial charge in [-0.05, 0) is 46.4 Å². The van der Waals surface area contributed by atoms with E-state index >= 15 is 0 Å². The summed E-state index contributed by atoms with van der Waals surface area (Å²) < 4.78 is 6.05. The largest absolute Gasteiger partial charge is 0.372 e. The third kappa shape index (κ3) is 4.21. The summed E-state index contributed by atoms with van der Waals surface area (Å²) in [6.45, 7) is 7.01. The Morgan fingerprint density at radius 3 is 2.76 bits per heavy atom. The van der Waals surface area contributed by atoms with Gasteiger partial charge in [0.15, 0.2) is 0 Å². The van der Waals surface area contributed by atoms with Crippen LogP contribution >= 0.6 is 0 Å². The molecule has 2 aliphatic rings. The maximum Gasteiger partial charge on any atom is 0.0707 e. The van der Waals surface area contributed by atoms with E-state index in [0.29, 0.717) is 12.2 Å². The van der Waals surface area contributed by atoms with Gasteiger partial charge in [-0.2, -0.15) is 0 Å². The number of nitrogens with zero attached hydrogens (tertiary/aromatic N) is 2. The molecule has 0 aromatic rings. The first kappa shape index (κ1) is 13.3. The fourth-order valence-corrected chi connectivity index (χ4v) is 2.86. The van der Waals surface area contributed by atoms with Crippen molar-refractivity contribution in [2.45, 2.75) is 31.5 Å². The maximum atomic E-state index is 6.05. The van der Waals surface area contributed by atoms with Gasteiger partial charge in [0.1, 0.15) is 0 Å². The third-order valence-corrected chi connectivity index (χ3v) is 3.90. The molecule has 2 heterocycles. The number of hydrogen-bond acceptors (Lipinski definition) is 4. The van der Waals surface area contributed by atoms with Gasteiger partial charge < -0.3 is 15.0 Å². The van der Waals surface area contributed by atoms with Crippen molar-refractivity contribution in [1.82, 2.24) is 15.1 Å². The molecule has 0 amide bonds. The van der Waals surface area contributed by atoms with Gasteiger partial charge in [0.05, 0.1) is 12.2 Å². The van der Waals surface area contributed by atoms with Gasteiger partial charge >= 0.3 is 0 Å². The minimum absolute atomic E-state index is 0.444. The maximum absolute atomic E-state index is 6.05. The average Bonchev–Trinajstić information content (AvgIpc) is 2.63. The normalized spacial score (nSPS) is 32.8. The van der Waals surface area contributed by atoms with Crippen molar-refractivity contribution >= 4 is 0 Å². The average molecular weight is 241 g/mol. The molecule has 0 aromatic heterocycles. The molecule has 2 fully saturated rings. The van der Waals surface area contributed by atoms with E-state index in [0.717, 1.165) is 13.1 Å². The van der Waals surface area contributed by atoms with Crippen LogP contribution in [0.2, 0.25) is 0 Å². The van der Waals surface area contributed by atoms with Crippen LogP contribution in [0.4, 0.5) is 0 Å². The molecule has 0 radical (unpaired) electrons. The summed E-state index contributed by atoms with van der Waals surface area (Å²) in [5.74, 6) is 0. The molecule has 2 unspecified atom stereocenters. The van der Waals surface area contributed by atoms with Gasteiger partial charge in [-0.25, -0.2) is 0 Å². The molecule has 2 atom stereocenters. The van der Waals surface area contributed by atoms with Crippen molar-refractivity contribution in [3.8, 4) is 0 Å². The summed E-state index contributed by atoms with van der Waals surface area (Å²) in [4.78, 5) is 5.01. The van der Waals surface area contributed by atoms with Crippen LogP contribution in [0.5, 0.6) is 0 Å². The van der Waals surface area contributed by atoms with E-state index in [1.807, 2.05) is 7.05 Å². The smallest absolute Gasteiger partial charge is 0.0707 e. The van der Waals surface area contributed by atoms with E-state index in [1.54, 1.807) is 0 Å². The molecule has 0 aromatic carbocycles. The topological polar surface area (TPSA) is 27.7 Å². The summed E-state index contributed by atoms with van der Waals surface area (Å²) >= 11 is 0. The monoisotopic (exact) mass is 241 g/mol. The second-order valence-electron chi connectivity index (χ2n) is 5.47. The lowest BCUT2D eigenvalue weighted by Crippen LogP contribution is -2.36. The number of ether oxygens (including phenoxy) is 1. The zero-order valence-corrected chi connectivity index (χ0v) is 11.3. The first-order valence-electron chi connectivity index (χ1n) is 6.99. The van der Waals surface area contributed by atoms with E-state index in [2.05, 4.69) is 22.2 Å². The van der Waals surface area contributed by atoms with E-state index in [1.165, 1.54) is 45.4 Å². The minimum Gasteiger partial charge on any atom is -0.372 e. The number of hydrogen-bond donors (Lipinski definition) is 1. The second-order valence-corrected chi connectivity index (χ2v) is 5.47. The Balaban J connectivity index is 1.70. The van der Waals surface area contributed by atoms with Crippen LogP contribution < -0.4 is 5.32 Å². The molecule has 2 rings (SSSR count). The summed E-state index contributed by atoms with van der Waals surface area (Å²) in [5.41, 5.74) is 0. The zero-order valence-electron chi connectivity index (χ0n) is 11.3. The highest BCUT2D eigenvalue weighted by Crippen LogP contribution is 2.20. The van der Waals surface area contributed by atoms with Gasteiger partial charge in [0, 0.05) is 26.2 Å². The molecule has 0 saturated carbocycles. The van der Waals surface area contributed by atoms with Crippen LogP contribution in [-0.4, -0.2) is 75.4 Å². The fourth-order valence-electron chi connectivity index (χ4n) is 2.86. The molecule has 0 aliphatic carbocycles. The number of rotatable bonds is 4. The van der Waals surface area contributed by atoms with Crippen LogP contribution in [0.15, 0.2) is 0 Å². The van der Waals surface area contributed by atoms with Gasteiger partial charge in [-0.3, -0.25) is 4.90 Å². The van der Waals surface area contributed by atoms with E-state index < -0.39 is 0 Å². The van der Waals surface area contributed by atoms with E-state index in [-0.39, 0.29) is 0 Å². The van der Waals surface area contributed by atoms with Crippen molar-refractivity contribution in [2.24, 2.45) is 0 Å². The van der Waals surface area contributed by atoms with Crippen LogP contribution in [-0.2, 0) is 4.74 Å². The molecule has 2 aliphatic heterocycles. The lowest BCUT2D eigenvalue weighted by atomic mass is 10.2. The molecule has 2 saturated heterocycles. The van der Waals surface area contributed by atoms with Gasteiger partial charge in [0.25, 0.3) is 0 Å². The summed E-state index contributed by atoms with van der Waals surface area (Å²) in [6, 6.07) is 0. The SMILES string of the molecule is CNCC1CCC(CN2CCCN(C)CC2)O1. The second kappa shape index (κ2) is 6.69. The molecular weight excluding hydrogens is 214 g/mol. The van der Waals surface area contributed by atoms with Crippen LogP contribution in [0, 0.1) is 0 Å². The Hall–Kier alpha value is -0.160. The van der Waals surface area contributed by atoms with Gasteiger partial charge in [0.2, 0.25) is 0 Å². The quantitative estimate of drug-likeness (QED) is 0.771. The Kier molecular flexibility index (Phi) is 5.22. The van der Waals surface area contributed by atoms with Crippen molar-refractivity contribution in [3.63, 3.8) is 0 Å². The van der Waals surface area contributed by atoms with Gasteiger partial charge in [-0.15, -0.1) is 0 Å². The zero-order chi connectivity index (χ0) is 12.1. The Labute approximate surface area is 105 Å². The lowest BCUT2D eigenvalue weighted by Gasteiger charge is -2.24. The Morgan fingerprint density at radius 1 is 1.12 bits per heavy atom. The molecule has 100 valence electrons. The van der Waals surface area contributed by atoms with Crippen molar-refractivity contribution < 1.29 is 4.74 Å². The number of likely N-dealkylation sites (N-methyl/N-ethyl adjacent to an activating group) is 2. The van der Waals surface area contributed by atoms with Crippen LogP contribution in [0.3, 0.4) is 0 Å². The van der Waals surface area contributed by atoms with Crippen molar-refractivity contribution in [2.75, 3.05) is 53.4 Å². The fraction of sp³-hybridized carbons (Fsp3) is 1.00. The summed E-state index contributed by atoms with van der Waals surface area (Å²) in [7, 11) is 4.22. The molecular formula is C13H27N3O. The Bertz CT molecular complexity index is 225. The highest BCUT2D eigenvalue weighted by atomic mass is 16.5. The van der Waals surface area contributed by atoms with Crippen molar-refractivity contribution in [1.29, 1.82) is 0 Å².